The zero-order valence-corrected chi connectivity index (χ0v) is 15.8. The molecule has 0 unspecified atom stereocenters. The minimum Gasteiger partial charge on any atom is -0.381 e. The fourth-order valence-corrected chi connectivity index (χ4v) is 6.23. The van der Waals surface area contributed by atoms with Crippen LogP contribution < -0.4 is 5.73 Å². The van der Waals surface area contributed by atoms with Crippen molar-refractivity contribution in [1.82, 2.24) is 0 Å². The third kappa shape index (κ3) is 3.17. The predicted octanol–water partition coefficient (Wildman–Crippen LogP) is 3.06. The van der Waals surface area contributed by atoms with Crippen LogP contribution in [-0.4, -0.2) is 33.4 Å². The molecule has 0 aromatic heterocycles. The molecule has 0 saturated heterocycles. The summed E-state index contributed by atoms with van der Waals surface area (Å²) in [6, 6.07) is 12.9. The van der Waals surface area contributed by atoms with Crippen molar-refractivity contribution in [2.75, 3.05) is 19.8 Å². The molecule has 0 bridgehead atoms. The second-order valence-corrected chi connectivity index (χ2v) is 8.96. The lowest BCUT2D eigenvalue weighted by Gasteiger charge is -2.16. The monoisotopic (exact) mass is 377 g/mol. The minimum atomic E-state index is -3.63. The molecule has 6 heteroatoms. The van der Waals surface area contributed by atoms with Gasteiger partial charge in [0, 0.05) is 24.5 Å². The molecule has 1 saturated carbocycles. The lowest BCUT2D eigenvalue weighted by atomic mass is 10.00. The SMILES string of the molecule is CCOC[C@@]1(CN)[C@H](S(=O)(=O)c2ccc(C)cc2)[C@@H]1c1cccc(F)c1. The topological polar surface area (TPSA) is 69.4 Å². The molecule has 0 spiro atoms. The second-order valence-electron chi connectivity index (χ2n) is 6.89. The van der Waals surface area contributed by atoms with Crippen LogP contribution in [0.1, 0.15) is 24.0 Å². The maximum Gasteiger partial charge on any atom is 0.182 e. The molecule has 1 aliphatic rings. The molecular formula is C20H24FNO3S. The highest BCUT2D eigenvalue weighted by molar-refractivity contribution is 7.92. The van der Waals surface area contributed by atoms with E-state index in [-0.39, 0.29) is 29.8 Å². The lowest BCUT2D eigenvalue weighted by Crippen LogP contribution is -2.29. The van der Waals surface area contributed by atoms with E-state index < -0.39 is 20.5 Å². The summed E-state index contributed by atoms with van der Waals surface area (Å²) in [5, 5.41) is -0.726. The maximum atomic E-state index is 13.7. The van der Waals surface area contributed by atoms with Gasteiger partial charge in [-0.2, -0.15) is 0 Å². The first-order valence-electron chi connectivity index (χ1n) is 8.70. The van der Waals surface area contributed by atoms with Crippen LogP contribution >= 0.6 is 0 Å². The number of aryl methyl sites for hydroxylation is 1. The van der Waals surface area contributed by atoms with Gasteiger partial charge in [-0.05, 0) is 43.7 Å². The Morgan fingerprint density at radius 3 is 2.46 bits per heavy atom. The molecule has 2 aromatic rings. The van der Waals surface area contributed by atoms with Gasteiger partial charge < -0.3 is 10.5 Å². The average Bonchev–Trinajstić information content (AvgIpc) is 3.31. The van der Waals surface area contributed by atoms with Crippen molar-refractivity contribution in [2.45, 2.75) is 29.9 Å². The largest absolute Gasteiger partial charge is 0.381 e. The van der Waals surface area contributed by atoms with E-state index in [2.05, 4.69) is 0 Å². The Bertz CT molecular complexity index is 882. The molecule has 2 aromatic carbocycles. The van der Waals surface area contributed by atoms with E-state index in [0.29, 0.717) is 12.2 Å². The number of sulfone groups is 1. The fourth-order valence-electron chi connectivity index (χ4n) is 3.79. The number of halogens is 1. The average molecular weight is 377 g/mol. The first-order valence-corrected chi connectivity index (χ1v) is 10.3. The molecular weight excluding hydrogens is 353 g/mol. The summed E-state index contributed by atoms with van der Waals surface area (Å²) in [6.45, 7) is 4.62. The summed E-state index contributed by atoms with van der Waals surface area (Å²) in [7, 11) is -3.63. The number of ether oxygens (including phenoxy) is 1. The van der Waals surface area contributed by atoms with E-state index in [1.807, 2.05) is 13.8 Å². The van der Waals surface area contributed by atoms with Crippen molar-refractivity contribution in [3.05, 3.63) is 65.5 Å². The first kappa shape index (κ1) is 19.0. The highest BCUT2D eigenvalue weighted by Gasteiger charge is 2.70. The molecule has 0 radical (unpaired) electrons. The third-order valence-electron chi connectivity index (χ3n) is 5.23. The van der Waals surface area contributed by atoms with Gasteiger partial charge in [-0.15, -0.1) is 0 Å². The van der Waals surface area contributed by atoms with Crippen LogP contribution in [-0.2, 0) is 14.6 Å². The summed E-state index contributed by atoms with van der Waals surface area (Å²) < 4.78 is 45.9. The number of benzene rings is 2. The van der Waals surface area contributed by atoms with Crippen LogP contribution in [0.4, 0.5) is 4.39 Å². The Kier molecular flexibility index (Phi) is 5.19. The normalized spacial score (nSPS) is 25.2. The van der Waals surface area contributed by atoms with E-state index in [9.17, 15) is 12.8 Å². The number of hydrogen-bond donors (Lipinski definition) is 1. The second kappa shape index (κ2) is 7.10. The standard InChI is InChI=1S/C20H24FNO3S/c1-3-25-13-20(12-22)18(15-5-4-6-16(21)11-15)19(20)26(23,24)17-9-7-14(2)8-10-17/h4-11,18-19H,3,12-13,22H2,1-2H3/t18-,19+,20+/m0/s1. The number of hydrogen-bond acceptors (Lipinski definition) is 4. The molecule has 1 aliphatic carbocycles. The van der Waals surface area contributed by atoms with Gasteiger partial charge in [-0.25, -0.2) is 12.8 Å². The molecule has 0 heterocycles. The van der Waals surface area contributed by atoms with Gasteiger partial charge >= 0.3 is 0 Å². The summed E-state index contributed by atoms with van der Waals surface area (Å²) in [5.41, 5.74) is 6.92. The van der Waals surface area contributed by atoms with Gasteiger partial charge in [-0.1, -0.05) is 29.8 Å². The van der Waals surface area contributed by atoms with Crippen molar-refractivity contribution < 1.29 is 17.5 Å². The van der Waals surface area contributed by atoms with Gasteiger partial charge in [0.1, 0.15) is 5.82 Å². The Balaban J connectivity index is 2.05. The molecule has 0 amide bonds. The van der Waals surface area contributed by atoms with Crippen molar-refractivity contribution in [3.8, 4) is 0 Å². The van der Waals surface area contributed by atoms with E-state index in [0.717, 1.165) is 5.56 Å². The number of nitrogens with two attached hydrogens (primary N) is 1. The molecule has 1 fully saturated rings. The van der Waals surface area contributed by atoms with Gasteiger partial charge in [0.25, 0.3) is 0 Å². The highest BCUT2D eigenvalue weighted by atomic mass is 32.2. The first-order chi connectivity index (χ1) is 12.4. The van der Waals surface area contributed by atoms with Crippen molar-refractivity contribution in [1.29, 1.82) is 0 Å². The van der Waals surface area contributed by atoms with E-state index >= 15 is 0 Å². The summed E-state index contributed by atoms with van der Waals surface area (Å²) in [4.78, 5) is 0.265. The molecule has 2 N–H and O–H groups in total. The van der Waals surface area contributed by atoms with E-state index in [1.54, 1.807) is 36.4 Å². The van der Waals surface area contributed by atoms with E-state index in [4.69, 9.17) is 10.5 Å². The predicted molar refractivity (Wildman–Crippen MR) is 99.3 cm³/mol. The zero-order valence-electron chi connectivity index (χ0n) is 15.0. The Hall–Kier alpha value is -1.76. The third-order valence-corrected chi connectivity index (χ3v) is 7.57. The van der Waals surface area contributed by atoms with Crippen LogP contribution in [0.5, 0.6) is 0 Å². The fraction of sp³-hybridized carbons (Fsp3) is 0.400. The maximum absolute atomic E-state index is 13.7. The van der Waals surface area contributed by atoms with Crippen molar-refractivity contribution in [3.63, 3.8) is 0 Å². The van der Waals surface area contributed by atoms with Gasteiger partial charge in [0.05, 0.1) is 16.8 Å². The van der Waals surface area contributed by atoms with Crippen molar-refractivity contribution in [2.24, 2.45) is 11.1 Å². The number of rotatable bonds is 7. The molecule has 4 nitrogen and oxygen atoms in total. The molecule has 140 valence electrons. The molecule has 26 heavy (non-hydrogen) atoms. The van der Waals surface area contributed by atoms with Crippen molar-refractivity contribution >= 4 is 9.84 Å². The highest BCUT2D eigenvalue weighted by Crippen LogP contribution is 2.63. The van der Waals surface area contributed by atoms with Gasteiger partial charge in [-0.3, -0.25) is 0 Å². The summed E-state index contributed by atoms with van der Waals surface area (Å²) in [5.74, 6) is -0.774. The Morgan fingerprint density at radius 2 is 1.88 bits per heavy atom. The molecule has 3 rings (SSSR count). The lowest BCUT2D eigenvalue weighted by molar-refractivity contribution is 0.101. The smallest absolute Gasteiger partial charge is 0.182 e. The molecule has 0 aliphatic heterocycles. The van der Waals surface area contributed by atoms with Crippen LogP contribution in [0.15, 0.2) is 53.4 Å². The van der Waals surface area contributed by atoms with Crippen LogP contribution in [0.3, 0.4) is 0 Å². The van der Waals surface area contributed by atoms with Crippen LogP contribution in [0, 0.1) is 18.2 Å². The summed E-state index contributed by atoms with van der Waals surface area (Å²) in [6.07, 6.45) is 0. The summed E-state index contributed by atoms with van der Waals surface area (Å²) >= 11 is 0. The van der Waals surface area contributed by atoms with E-state index in [1.165, 1.54) is 12.1 Å². The van der Waals surface area contributed by atoms with Crippen LogP contribution in [0.25, 0.3) is 0 Å². The minimum absolute atomic E-state index is 0.157. The Morgan fingerprint density at radius 1 is 1.19 bits per heavy atom. The quantitative estimate of drug-likeness (QED) is 0.805. The molecule has 3 atom stereocenters. The van der Waals surface area contributed by atoms with Gasteiger partial charge in [0.2, 0.25) is 0 Å². The zero-order chi connectivity index (χ0) is 18.9. The Labute approximate surface area is 154 Å². The van der Waals surface area contributed by atoms with Crippen LogP contribution in [0.2, 0.25) is 0 Å². The van der Waals surface area contributed by atoms with Gasteiger partial charge in [0.15, 0.2) is 9.84 Å².